The van der Waals surface area contributed by atoms with Gasteiger partial charge in [-0.3, -0.25) is 0 Å². The first-order valence-corrected chi connectivity index (χ1v) is 7.54. The molecule has 0 N–H and O–H groups in total. The Bertz CT molecular complexity index is 323. The van der Waals surface area contributed by atoms with Crippen LogP contribution in [-0.4, -0.2) is 5.88 Å². The van der Waals surface area contributed by atoms with Crippen LogP contribution < -0.4 is 0 Å². The summed E-state index contributed by atoms with van der Waals surface area (Å²) in [4.78, 5) is 0. The summed E-state index contributed by atoms with van der Waals surface area (Å²) in [6.07, 6.45) is 8.19. The molecule has 0 aromatic heterocycles. The van der Waals surface area contributed by atoms with E-state index in [9.17, 15) is 0 Å². The van der Waals surface area contributed by atoms with E-state index < -0.39 is 0 Å². The molecule has 1 aromatic carbocycles. The molecule has 2 heteroatoms. The van der Waals surface area contributed by atoms with Crippen LogP contribution in [0.1, 0.15) is 50.0 Å². The lowest BCUT2D eigenvalue weighted by Gasteiger charge is -2.24. The fourth-order valence-corrected chi connectivity index (χ4v) is 3.47. The molecule has 2 rings (SSSR count). The Morgan fingerprint density at radius 3 is 2.12 bits per heavy atom. The highest BCUT2D eigenvalue weighted by molar-refractivity contribution is 6.30. The molecule has 1 aromatic rings. The van der Waals surface area contributed by atoms with Crippen LogP contribution in [0.25, 0.3) is 0 Å². The molecule has 0 spiro atoms. The van der Waals surface area contributed by atoms with Crippen molar-refractivity contribution in [3.05, 3.63) is 34.9 Å². The Balaban J connectivity index is 2.11. The SMILES string of the molecule is ClCC(c1ccc(Cl)cc1)C1CCCCCC1. The summed E-state index contributed by atoms with van der Waals surface area (Å²) in [5, 5.41) is 0.808. The van der Waals surface area contributed by atoms with Crippen molar-refractivity contribution < 1.29 is 0 Å². The van der Waals surface area contributed by atoms with Gasteiger partial charge in [0.1, 0.15) is 0 Å². The van der Waals surface area contributed by atoms with E-state index in [1.54, 1.807) is 0 Å². The van der Waals surface area contributed by atoms with Gasteiger partial charge in [-0.25, -0.2) is 0 Å². The van der Waals surface area contributed by atoms with Crippen LogP contribution in [0, 0.1) is 5.92 Å². The molecule has 0 saturated heterocycles. The molecular weight excluding hydrogens is 251 g/mol. The van der Waals surface area contributed by atoms with E-state index in [1.165, 1.54) is 44.1 Å². The Hall–Kier alpha value is -0.200. The first-order chi connectivity index (χ1) is 8.31. The summed E-state index contributed by atoms with van der Waals surface area (Å²) in [6.45, 7) is 0. The second kappa shape index (κ2) is 6.66. The Kier molecular flexibility index (Phi) is 5.18. The van der Waals surface area contributed by atoms with E-state index in [4.69, 9.17) is 23.2 Å². The lowest BCUT2D eigenvalue weighted by atomic mass is 9.82. The minimum atomic E-state index is 0.507. The highest BCUT2D eigenvalue weighted by Crippen LogP contribution is 2.36. The van der Waals surface area contributed by atoms with Crippen LogP contribution in [0.15, 0.2) is 24.3 Å². The van der Waals surface area contributed by atoms with E-state index >= 15 is 0 Å². The van der Waals surface area contributed by atoms with Crippen LogP contribution in [0.3, 0.4) is 0 Å². The minimum Gasteiger partial charge on any atom is -0.126 e. The van der Waals surface area contributed by atoms with Crippen LogP contribution in [0.4, 0.5) is 0 Å². The fourth-order valence-electron chi connectivity index (χ4n) is 2.91. The maximum Gasteiger partial charge on any atom is 0.0406 e. The molecule has 1 saturated carbocycles. The normalized spacial score (nSPS) is 19.9. The fraction of sp³-hybridized carbons (Fsp3) is 0.600. The summed E-state index contributed by atoms with van der Waals surface area (Å²) in [5.41, 5.74) is 1.36. The number of rotatable bonds is 3. The van der Waals surface area contributed by atoms with E-state index in [0.717, 1.165) is 16.8 Å². The smallest absolute Gasteiger partial charge is 0.0406 e. The Morgan fingerprint density at radius 1 is 1.00 bits per heavy atom. The minimum absolute atomic E-state index is 0.507. The predicted molar refractivity (Wildman–Crippen MR) is 76.1 cm³/mol. The maximum absolute atomic E-state index is 6.20. The van der Waals surface area contributed by atoms with Crippen LogP contribution in [0.2, 0.25) is 5.02 Å². The molecule has 0 nitrogen and oxygen atoms in total. The molecule has 1 fully saturated rings. The third-order valence-corrected chi connectivity index (χ3v) is 4.52. The van der Waals surface area contributed by atoms with Crippen molar-refractivity contribution >= 4 is 23.2 Å². The molecule has 0 bridgehead atoms. The van der Waals surface area contributed by atoms with Gasteiger partial charge in [-0.1, -0.05) is 49.4 Å². The molecule has 1 aliphatic rings. The largest absolute Gasteiger partial charge is 0.126 e. The topological polar surface area (TPSA) is 0 Å². The van der Waals surface area contributed by atoms with E-state index in [1.807, 2.05) is 12.1 Å². The van der Waals surface area contributed by atoms with Crippen LogP contribution in [-0.2, 0) is 0 Å². The lowest BCUT2D eigenvalue weighted by molar-refractivity contribution is 0.397. The Morgan fingerprint density at radius 2 is 1.59 bits per heavy atom. The van der Waals surface area contributed by atoms with Crippen molar-refractivity contribution in [3.63, 3.8) is 0 Å². The zero-order valence-electron chi connectivity index (χ0n) is 10.2. The van der Waals surface area contributed by atoms with Gasteiger partial charge in [0.25, 0.3) is 0 Å². The van der Waals surface area contributed by atoms with Crippen molar-refractivity contribution in [2.24, 2.45) is 5.92 Å². The number of alkyl halides is 1. The van der Waals surface area contributed by atoms with Crippen molar-refractivity contribution in [1.29, 1.82) is 0 Å². The monoisotopic (exact) mass is 270 g/mol. The average molecular weight is 271 g/mol. The summed E-state index contributed by atoms with van der Waals surface area (Å²) in [5.74, 6) is 2.00. The molecule has 0 amide bonds. The average Bonchev–Trinajstić information content (AvgIpc) is 2.62. The first-order valence-electron chi connectivity index (χ1n) is 6.62. The summed E-state index contributed by atoms with van der Waals surface area (Å²) in [7, 11) is 0. The zero-order valence-corrected chi connectivity index (χ0v) is 11.7. The number of halogens is 2. The summed E-state index contributed by atoms with van der Waals surface area (Å²) >= 11 is 12.1. The highest BCUT2D eigenvalue weighted by atomic mass is 35.5. The summed E-state index contributed by atoms with van der Waals surface area (Å²) in [6, 6.07) is 8.24. The van der Waals surface area contributed by atoms with Crippen molar-refractivity contribution in [3.8, 4) is 0 Å². The highest BCUT2D eigenvalue weighted by Gasteiger charge is 2.23. The molecule has 1 aliphatic carbocycles. The van der Waals surface area contributed by atoms with Crippen molar-refractivity contribution in [2.45, 2.75) is 44.4 Å². The van der Waals surface area contributed by atoms with E-state index in [0.29, 0.717) is 5.92 Å². The van der Waals surface area contributed by atoms with Gasteiger partial charge in [0.15, 0.2) is 0 Å². The maximum atomic E-state index is 6.20. The van der Waals surface area contributed by atoms with Gasteiger partial charge in [0.05, 0.1) is 0 Å². The Labute approximate surface area is 114 Å². The van der Waals surface area contributed by atoms with Crippen molar-refractivity contribution in [1.82, 2.24) is 0 Å². The van der Waals surface area contributed by atoms with Gasteiger partial charge in [-0.2, -0.15) is 0 Å². The molecule has 0 aliphatic heterocycles. The standard InChI is InChI=1S/C15H20Cl2/c16-11-15(12-5-3-1-2-4-6-12)13-7-9-14(17)10-8-13/h7-10,12,15H,1-6,11H2. The van der Waals surface area contributed by atoms with Crippen molar-refractivity contribution in [2.75, 3.05) is 5.88 Å². The van der Waals surface area contributed by atoms with E-state index in [2.05, 4.69) is 12.1 Å². The molecule has 1 atom stereocenters. The summed E-state index contributed by atoms with van der Waals surface area (Å²) < 4.78 is 0. The number of benzene rings is 1. The van der Waals surface area contributed by atoms with Gasteiger partial charge in [-0.15, -0.1) is 11.6 Å². The molecule has 0 radical (unpaired) electrons. The molecular formula is C15H20Cl2. The molecule has 94 valence electrons. The lowest BCUT2D eigenvalue weighted by Crippen LogP contribution is -2.14. The van der Waals surface area contributed by atoms with Crippen LogP contribution >= 0.6 is 23.2 Å². The third-order valence-electron chi connectivity index (χ3n) is 3.93. The third kappa shape index (κ3) is 3.63. The zero-order chi connectivity index (χ0) is 12.1. The second-order valence-electron chi connectivity index (χ2n) is 5.06. The molecule has 0 heterocycles. The quantitative estimate of drug-likeness (QED) is 0.493. The van der Waals surface area contributed by atoms with Gasteiger partial charge >= 0.3 is 0 Å². The number of hydrogen-bond acceptors (Lipinski definition) is 0. The van der Waals surface area contributed by atoms with Gasteiger partial charge in [-0.05, 0) is 36.5 Å². The second-order valence-corrected chi connectivity index (χ2v) is 5.81. The van der Waals surface area contributed by atoms with E-state index in [-0.39, 0.29) is 0 Å². The first kappa shape index (κ1) is 13.2. The molecule has 1 unspecified atom stereocenters. The van der Waals surface area contributed by atoms with Crippen LogP contribution in [0.5, 0.6) is 0 Å². The molecule has 17 heavy (non-hydrogen) atoms. The van der Waals surface area contributed by atoms with Gasteiger partial charge in [0, 0.05) is 16.8 Å². The number of hydrogen-bond donors (Lipinski definition) is 0. The predicted octanol–water partition coefficient (Wildman–Crippen LogP) is 5.63. The van der Waals surface area contributed by atoms with Gasteiger partial charge in [0.2, 0.25) is 0 Å². The van der Waals surface area contributed by atoms with Gasteiger partial charge < -0.3 is 0 Å².